The molecule has 2 aromatic rings. The molecule has 25 heavy (non-hydrogen) atoms. The number of hydrogen-bond acceptors (Lipinski definition) is 2. The fraction of sp³-hybridized carbons (Fsp3) is 0.350. The number of hydrogen-bond donors (Lipinski definition) is 1. The summed E-state index contributed by atoms with van der Waals surface area (Å²) in [5.74, 6) is -0.200. The lowest BCUT2D eigenvalue weighted by molar-refractivity contribution is -0.136. The van der Waals surface area contributed by atoms with E-state index in [-0.39, 0.29) is 23.7 Å². The van der Waals surface area contributed by atoms with Crippen LogP contribution in [0.15, 0.2) is 48.5 Å². The molecule has 1 amide bonds. The zero-order valence-corrected chi connectivity index (χ0v) is 15.0. The van der Waals surface area contributed by atoms with E-state index in [9.17, 15) is 9.18 Å². The molecule has 2 aromatic carbocycles. The minimum atomic E-state index is -0.288. The van der Waals surface area contributed by atoms with Gasteiger partial charge < -0.3 is 10.2 Å². The monoisotopic (exact) mass is 360 g/mol. The molecule has 2 atom stereocenters. The minimum absolute atomic E-state index is 0.0194. The number of rotatable bonds is 4. The summed E-state index contributed by atoms with van der Waals surface area (Å²) in [4.78, 5) is 14.8. The molecule has 1 heterocycles. The van der Waals surface area contributed by atoms with E-state index in [2.05, 4.69) is 5.32 Å². The second-order valence-electron chi connectivity index (χ2n) is 6.50. The van der Waals surface area contributed by atoms with E-state index in [0.29, 0.717) is 11.6 Å². The molecule has 3 rings (SSSR count). The average Bonchev–Trinajstić information content (AvgIpc) is 2.65. The molecule has 3 nitrogen and oxygen atoms in total. The van der Waals surface area contributed by atoms with Crippen LogP contribution in [0.1, 0.15) is 30.0 Å². The summed E-state index contributed by atoms with van der Waals surface area (Å²) in [6.07, 6.45) is 1.90. The molecule has 0 spiro atoms. The number of benzene rings is 2. The van der Waals surface area contributed by atoms with E-state index in [1.807, 2.05) is 31.3 Å². The molecular weight excluding hydrogens is 339 g/mol. The molecule has 0 bridgehead atoms. The van der Waals surface area contributed by atoms with E-state index in [1.165, 1.54) is 12.1 Å². The number of piperidine rings is 1. The molecule has 2 unspecified atom stereocenters. The molecule has 1 N–H and O–H groups in total. The van der Waals surface area contributed by atoms with Gasteiger partial charge in [-0.05, 0) is 54.8 Å². The van der Waals surface area contributed by atoms with Crippen molar-refractivity contribution in [2.75, 3.05) is 20.1 Å². The minimum Gasteiger partial charge on any atom is -0.334 e. The average molecular weight is 361 g/mol. The smallest absolute Gasteiger partial charge is 0.227 e. The lowest BCUT2D eigenvalue weighted by Gasteiger charge is -2.33. The van der Waals surface area contributed by atoms with Crippen LogP contribution in [-0.4, -0.2) is 30.9 Å². The Morgan fingerprint density at radius 3 is 2.32 bits per heavy atom. The molecule has 1 saturated heterocycles. The predicted molar refractivity (Wildman–Crippen MR) is 98.1 cm³/mol. The molecule has 1 aliphatic rings. The van der Waals surface area contributed by atoms with Crippen molar-refractivity contribution in [1.29, 1.82) is 0 Å². The molecular formula is C20H22ClFN2O. The van der Waals surface area contributed by atoms with Crippen molar-refractivity contribution in [3.8, 4) is 0 Å². The Labute approximate surface area is 152 Å². The summed E-state index contributed by atoms with van der Waals surface area (Å²) < 4.78 is 13.3. The van der Waals surface area contributed by atoms with Crippen LogP contribution >= 0.6 is 11.6 Å². The van der Waals surface area contributed by atoms with Gasteiger partial charge in [-0.25, -0.2) is 4.39 Å². The van der Waals surface area contributed by atoms with Crippen LogP contribution in [0, 0.1) is 11.7 Å². The third-order valence-electron chi connectivity index (χ3n) is 4.75. The van der Waals surface area contributed by atoms with Crippen LogP contribution in [0.25, 0.3) is 0 Å². The largest absolute Gasteiger partial charge is 0.334 e. The lowest BCUT2D eigenvalue weighted by atomic mass is 9.93. The topological polar surface area (TPSA) is 32.3 Å². The Hall–Kier alpha value is -1.91. The van der Waals surface area contributed by atoms with Crippen LogP contribution in [0.5, 0.6) is 0 Å². The summed E-state index contributed by atoms with van der Waals surface area (Å²) in [5, 5.41) is 3.93. The standard InChI is InChI=1S/C20H22ClFN2O/c1-24(20(25)16-3-2-12-23-13-16)19(14-4-8-17(21)9-5-14)15-6-10-18(22)11-7-15/h4-11,16,19,23H,2-3,12-13H2,1H3. The number of nitrogens with zero attached hydrogens (tertiary/aromatic N) is 1. The van der Waals surface area contributed by atoms with Gasteiger partial charge in [-0.15, -0.1) is 0 Å². The van der Waals surface area contributed by atoms with Crippen LogP contribution < -0.4 is 5.32 Å². The van der Waals surface area contributed by atoms with Gasteiger partial charge in [0.1, 0.15) is 5.82 Å². The summed E-state index contributed by atoms with van der Waals surface area (Å²) in [7, 11) is 1.82. The highest BCUT2D eigenvalue weighted by molar-refractivity contribution is 6.30. The van der Waals surface area contributed by atoms with Gasteiger partial charge in [-0.3, -0.25) is 4.79 Å². The van der Waals surface area contributed by atoms with Gasteiger partial charge in [-0.1, -0.05) is 35.9 Å². The van der Waals surface area contributed by atoms with E-state index < -0.39 is 0 Å². The Morgan fingerprint density at radius 1 is 1.16 bits per heavy atom. The van der Waals surface area contributed by atoms with Crippen LogP contribution in [0.3, 0.4) is 0 Å². The van der Waals surface area contributed by atoms with Crippen molar-refractivity contribution < 1.29 is 9.18 Å². The molecule has 0 saturated carbocycles. The maximum absolute atomic E-state index is 13.3. The maximum atomic E-state index is 13.3. The van der Waals surface area contributed by atoms with Crippen molar-refractivity contribution in [1.82, 2.24) is 10.2 Å². The first-order valence-corrected chi connectivity index (χ1v) is 8.92. The van der Waals surface area contributed by atoms with Gasteiger partial charge in [0.2, 0.25) is 5.91 Å². The third-order valence-corrected chi connectivity index (χ3v) is 5.00. The SMILES string of the molecule is CN(C(=O)C1CCCNC1)C(c1ccc(F)cc1)c1ccc(Cl)cc1. The van der Waals surface area contributed by atoms with Gasteiger partial charge in [0.15, 0.2) is 0 Å². The summed E-state index contributed by atoms with van der Waals surface area (Å²) in [5.41, 5.74) is 1.83. The second kappa shape index (κ2) is 7.98. The Balaban J connectivity index is 1.93. The van der Waals surface area contributed by atoms with Gasteiger partial charge in [0.05, 0.1) is 12.0 Å². The first kappa shape index (κ1) is 17.9. The van der Waals surface area contributed by atoms with Crippen molar-refractivity contribution in [2.45, 2.75) is 18.9 Å². The fourth-order valence-electron chi connectivity index (χ4n) is 3.41. The number of carbonyl (C=O) groups excluding carboxylic acids is 1. The summed E-state index contributed by atoms with van der Waals surface area (Å²) in [6.45, 7) is 1.67. The number of halogens is 2. The van der Waals surface area contributed by atoms with Crippen molar-refractivity contribution in [3.05, 3.63) is 70.5 Å². The molecule has 1 fully saturated rings. The quantitative estimate of drug-likeness (QED) is 0.892. The van der Waals surface area contributed by atoms with E-state index >= 15 is 0 Å². The highest BCUT2D eigenvalue weighted by atomic mass is 35.5. The van der Waals surface area contributed by atoms with Gasteiger partial charge >= 0.3 is 0 Å². The molecule has 0 radical (unpaired) electrons. The van der Waals surface area contributed by atoms with E-state index in [0.717, 1.165) is 30.5 Å². The van der Waals surface area contributed by atoms with E-state index in [1.54, 1.807) is 17.0 Å². The van der Waals surface area contributed by atoms with Crippen LogP contribution in [0.4, 0.5) is 4.39 Å². The lowest BCUT2D eigenvalue weighted by Crippen LogP contribution is -2.43. The number of carbonyl (C=O) groups is 1. The highest BCUT2D eigenvalue weighted by Crippen LogP contribution is 2.30. The number of amides is 1. The highest BCUT2D eigenvalue weighted by Gasteiger charge is 2.29. The molecule has 0 aromatic heterocycles. The predicted octanol–water partition coefficient (Wildman–Crippen LogP) is 4.03. The summed E-state index contributed by atoms with van der Waals surface area (Å²) in [6, 6.07) is 13.5. The number of nitrogens with one attached hydrogen (secondary N) is 1. The first-order chi connectivity index (χ1) is 12.1. The van der Waals surface area contributed by atoms with Crippen molar-refractivity contribution in [3.63, 3.8) is 0 Å². The second-order valence-corrected chi connectivity index (χ2v) is 6.93. The first-order valence-electron chi connectivity index (χ1n) is 8.54. The molecule has 1 aliphatic heterocycles. The maximum Gasteiger partial charge on any atom is 0.227 e. The normalized spacial score (nSPS) is 18.6. The zero-order valence-electron chi connectivity index (χ0n) is 14.2. The fourth-order valence-corrected chi connectivity index (χ4v) is 3.53. The van der Waals surface area contributed by atoms with E-state index in [4.69, 9.17) is 11.6 Å². The molecule has 5 heteroatoms. The zero-order chi connectivity index (χ0) is 17.8. The van der Waals surface area contributed by atoms with Gasteiger partial charge in [0, 0.05) is 18.6 Å². The Kier molecular flexibility index (Phi) is 5.71. The third kappa shape index (κ3) is 4.20. The summed E-state index contributed by atoms with van der Waals surface area (Å²) >= 11 is 6.01. The molecule has 0 aliphatic carbocycles. The molecule has 132 valence electrons. The van der Waals surface area contributed by atoms with Crippen molar-refractivity contribution in [2.24, 2.45) is 5.92 Å². The Bertz CT molecular complexity index is 666. The van der Waals surface area contributed by atoms with Crippen LogP contribution in [-0.2, 0) is 4.79 Å². The van der Waals surface area contributed by atoms with Gasteiger partial charge in [0.25, 0.3) is 0 Å². The van der Waals surface area contributed by atoms with Gasteiger partial charge in [-0.2, -0.15) is 0 Å². The van der Waals surface area contributed by atoms with Crippen LogP contribution in [0.2, 0.25) is 5.02 Å². The Morgan fingerprint density at radius 2 is 1.76 bits per heavy atom. The van der Waals surface area contributed by atoms with Crippen molar-refractivity contribution >= 4 is 17.5 Å².